The van der Waals surface area contributed by atoms with Gasteiger partial charge in [0, 0.05) is 35.0 Å². The van der Waals surface area contributed by atoms with Crippen LogP contribution < -0.4 is 10.2 Å². The number of hydrogen-bond acceptors (Lipinski definition) is 6. The third-order valence-corrected chi connectivity index (χ3v) is 9.47. The smallest absolute Gasteiger partial charge is 0.268 e. The van der Waals surface area contributed by atoms with Crippen LogP contribution in [0.4, 0.5) is 17.1 Å². The van der Waals surface area contributed by atoms with Gasteiger partial charge in [0.1, 0.15) is 6.10 Å². The van der Waals surface area contributed by atoms with Gasteiger partial charge in [-0.15, -0.1) is 0 Å². The molecule has 34 heavy (non-hydrogen) atoms. The molecule has 0 unspecified atom stereocenters. The van der Waals surface area contributed by atoms with E-state index in [0.29, 0.717) is 29.0 Å². The summed E-state index contributed by atoms with van der Waals surface area (Å²) in [7, 11) is -2.80. The van der Waals surface area contributed by atoms with E-state index < -0.39 is 32.0 Å². The van der Waals surface area contributed by atoms with Gasteiger partial charge in [0.2, 0.25) is 0 Å². The van der Waals surface area contributed by atoms with Crippen molar-refractivity contribution in [3.63, 3.8) is 0 Å². The van der Waals surface area contributed by atoms with Crippen molar-refractivity contribution in [3.05, 3.63) is 54.1 Å². The summed E-state index contributed by atoms with van der Waals surface area (Å²) in [5.74, 6) is -1.19. The Labute approximate surface area is 200 Å². The lowest BCUT2D eigenvalue weighted by Gasteiger charge is -2.32. The fourth-order valence-electron chi connectivity index (χ4n) is 5.56. The standard InChI is InChI=1S/C25H32N2O6Si/c1-15-22(34(3,4)32)21(12-13-28)33-25(15)19-14-17(26-23(30)16(2)29)10-11-20(19)27(24(25)31)18-8-6-5-7-9-18/h5-11,14-16,21-22,28-29,32H,12-13H2,1-4H3,(H,26,30)/t15-,16+,21+,22-,25+/m1/s1. The Kier molecular flexibility index (Phi) is 6.43. The lowest BCUT2D eigenvalue weighted by atomic mass is 9.82. The van der Waals surface area contributed by atoms with E-state index in [4.69, 9.17) is 4.74 Å². The van der Waals surface area contributed by atoms with Crippen LogP contribution >= 0.6 is 0 Å². The second-order valence-electron chi connectivity index (χ2n) is 9.75. The number of para-hydroxylation sites is 1. The monoisotopic (exact) mass is 484 g/mol. The van der Waals surface area contributed by atoms with Gasteiger partial charge in [-0.3, -0.25) is 14.5 Å². The highest BCUT2D eigenvalue weighted by Crippen LogP contribution is 2.60. The Balaban J connectivity index is 1.90. The normalized spacial score (nSPS) is 27.2. The van der Waals surface area contributed by atoms with Crippen molar-refractivity contribution in [1.29, 1.82) is 0 Å². The first-order valence-corrected chi connectivity index (χ1v) is 14.6. The summed E-state index contributed by atoms with van der Waals surface area (Å²) >= 11 is 0. The van der Waals surface area contributed by atoms with Gasteiger partial charge in [-0.05, 0) is 56.8 Å². The van der Waals surface area contributed by atoms with E-state index in [2.05, 4.69) is 5.32 Å². The molecule has 1 saturated heterocycles. The van der Waals surface area contributed by atoms with Gasteiger partial charge in [-0.25, -0.2) is 0 Å². The zero-order valence-corrected chi connectivity index (χ0v) is 20.9. The highest BCUT2D eigenvalue weighted by atomic mass is 28.4. The van der Waals surface area contributed by atoms with Crippen LogP contribution in [-0.2, 0) is 19.9 Å². The number of aliphatic hydroxyl groups excluding tert-OH is 2. The minimum absolute atomic E-state index is 0.123. The van der Waals surface area contributed by atoms with Crippen molar-refractivity contribution in [3.8, 4) is 0 Å². The number of anilines is 3. The summed E-state index contributed by atoms with van der Waals surface area (Å²) < 4.78 is 6.56. The topological polar surface area (TPSA) is 119 Å². The van der Waals surface area contributed by atoms with Gasteiger partial charge in [0.25, 0.3) is 11.8 Å². The lowest BCUT2D eigenvalue weighted by Crippen LogP contribution is -2.45. The van der Waals surface area contributed by atoms with E-state index in [0.717, 1.165) is 0 Å². The van der Waals surface area contributed by atoms with Crippen molar-refractivity contribution in [2.45, 2.75) is 56.7 Å². The molecule has 2 heterocycles. The molecule has 0 radical (unpaired) electrons. The maximum atomic E-state index is 14.2. The van der Waals surface area contributed by atoms with Crippen LogP contribution in [-0.4, -0.2) is 54.0 Å². The summed E-state index contributed by atoms with van der Waals surface area (Å²) in [4.78, 5) is 39.1. The van der Waals surface area contributed by atoms with Gasteiger partial charge in [-0.2, -0.15) is 0 Å². The average molecular weight is 485 g/mol. The SMILES string of the molecule is C[C@H](O)C(=O)Nc1ccc2c(c1)[C@]1(O[C@@H](CCO)[C@H]([Si](C)(C)O)[C@H]1C)C(=O)N2c1ccccc1. The fourth-order valence-corrected chi connectivity index (χ4v) is 8.16. The lowest BCUT2D eigenvalue weighted by molar-refractivity contribution is -0.145. The van der Waals surface area contributed by atoms with Gasteiger partial charge in [0.15, 0.2) is 13.9 Å². The Morgan fingerprint density at radius 1 is 1.24 bits per heavy atom. The van der Waals surface area contributed by atoms with Crippen LogP contribution in [0.15, 0.2) is 48.5 Å². The zero-order chi connectivity index (χ0) is 24.8. The molecule has 4 rings (SSSR count). The average Bonchev–Trinajstić information content (AvgIpc) is 3.20. The van der Waals surface area contributed by atoms with E-state index in [1.165, 1.54) is 6.92 Å². The van der Waals surface area contributed by atoms with Gasteiger partial charge in [-0.1, -0.05) is 25.1 Å². The second-order valence-corrected chi connectivity index (χ2v) is 13.7. The Morgan fingerprint density at radius 3 is 2.50 bits per heavy atom. The Hall–Kier alpha value is -2.56. The van der Waals surface area contributed by atoms with E-state index in [-0.39, 0.29) is 24.0 Å². The largest absolute Gasteiger partial charge is 0.432 e. The molecule has 0 aromatic heterocycles. The summed E-state index contributed by atoms with van der Waals surface area (Å²) in [5, 5.41) is 22.0. The van der Waals surface area contributed by atoms with Crippen molar-refractivity contribution >= 4 is 37.2 Å². The molecule has 0 bridgehead atoms. The number of carbonyl (C=O) groups is 2. The number of carbonyl (C=O) groups excluding carboxylic acids is 2. The van der Waals surface area contributed by atoms with E-state index >= 15 is 0 Å². The Bertz CT molecular complexity index is 1090. The Morgan fingerprint density at radius 2 is 1.91 bits per heavy atom. The first-order chi connectivity index (χ1) is 16.0. The third kappa shape index (κ3) is 3.87. The maximum Gasteiger partial charge on any atom is 0.268 e. The quantitative estimate of drug-likeness (QED) is 0.468. The molecule has 2 aliphatic heterocycles. The molecular formula is C25H32N2O6Si. The van der Waals surface area contributed by atoms with Crippen LogP contribution in [0.1, 0.15) is 25.8 Å². The number of rotatable bonds is 6. The number of nitrogens with one attached hydrogen (secondary N) is 1. The van der Waals surface area contributed by atoms with Gasteiger partial charge in [0.05, 0.1) is 11.8 Å². The number of hydrogen-bond donors (Lipinski definition) is 4. The molecule has 2 amide bonds. The predicted molar refractivity (Wildman–Crippen MR) is 131 cm³/mol. The summed E-state index contributed by atoms with van der Waals surface area (Å²) in [6, 6.07) is 14.4. The molecule has 4 N–H and O–H groups in total. The summed E-state index contributed by atoms with van der Waals surface area (Å²) in [6.07, 6.45) is -1.37. The van der Waals surface area contributed by atoms with Crippen LogP contribution in [0.25, 0.3) is 0 Å². The third-order valence-electron chi connectivity index (χ3n) is 6.97. The summed E-state index contributed by atoms with van der Waals surface area (Å²) in [6.45, 7) is 6.84. The summed E-state index contributed by atoms with van der Waals surface area (Å²) in [5.41, 5.74) is 0.687. The van der Waals surface area contributed by atoms with Crippen LogP contribution in [0, 0.1) is 5.92 Å². The van der Waals surface area contributed by atoms with Gasteiger partial charge >= 0.3 is 0 Å². The highest BCUT2D eigenvalue weighted by Gasteiger charge is 2.66. The minimum Gasteiger partial charge on any atom is -0.432 e. The molecule has 2 aromatic carbocycles. The zero-order valence-electron chi connectivity index (χ0n) is 19.9. The number of nitrogens with zero attached hydrogens (tertiary/aromatic N) is 1. The molecule has 0 saturated carbocycles. The molecule has 5 atom stereocenters. The molecule has 2 aliphatic rings. The molecule has 1 spiro atoms. The van der Waals surface area contributed by atoms with Crippen LogP contribution in [0.5, 0.6) is 0 Å². The van der Waals surface area contributed by atoms with Crippen LogP contribution in [0.2, 0.25) is 18.6 Å². The molecule has 1 fully saturated rings. The number of ether oxygens (including phenoxy) is 1. The van der Waals surface area contributed by atoms with E-state index in [1.54, 1.807) is 23.1 Å². The van der Waals surface area contributed by atoms with Crippen molar-refractivity contribution in [2.24, 2.45) is 5.92 Å². The number of benzene rings is 2. The van der Waals surface area contributed by atoms with Crippen molar-refractivity contribution < 1.29 is 29.3 Å². The van der Waals surface area contributed by atoms with E-state index in [9.17, 15) is 24.6 Å². The predicted octanol–water partition coefficient (Wildman–Crippen LogP) is 2.86. The maximum absolute atomic E-state index is 14.2. The van der Waals surface area contributed by atoms with Crippen molar-refractivity contribution in [1.82, 2.24) is 0 Å². The molecular weight excluding hydrogens is 452 g/mol. The first-order valence-electron chi connectivity index (χ1n) is 11.6. The fraction of sp³-hybridized carbons (Fsp3) is 0.440. The minimum atomic E-state index is -2.80. The first kappa shape index (κ1) is 24.6. The molecule has 2 aromatic rings. The molecule has 182 valence electrons. The van der Waals surface area contributed by atoms with Crippen LogP contribution in [0.3, 0.4) is 0 Å². The van der Waals surface area contributed by atoms with Gasteiger partial charge < -0.3 is 25.1 Å². The van der Waals surface area contributed by atoms with Crippen molar-refractivity contribution in [2.75, 3.05) is 16.8 Å². The number of fused-ring (bicyclic) bond motifs is 2. The number of amides is 2. The highest BCUT2D eigenvalue weighted by molar-refractivity contribution is 6.71. The van der Waals surface area contributed by atoms with E-state index in [1.807, 2.05) is 50.3 Å². The number of aliphatic hydroxyl groups is 2. The molecule has 9 heteroatoms. The molecule has 8 nitrogen and oxygen atoms in total. The second kappa shape index (κ2) is 8.90. The molecule has 0 aliphatic carbocycles.